The Hall–Kier alpha value is -9.44. The van der Waals surface area contributed by atoms with Gasteiger partial charge in [-0.1, -0.05) is 206 Å². The van der Waals surface area contributed by atoms with Gasteiger partial charge in [0, 0.05) is 49.4 Å². The number of hydrogen-bond donors (Lipinski definition) is 0. The molecule has 0 aliphatic carbocycles. The Morgan fingerprint density at radius 2 is 0.817 bits per heavy atom. The van der Waals surface area contributed by atoms with Gasteiger partial charge in [0.2, 0.25) is 0 Å². The van der Waals surface area contributed by atoms with Crippen LogP contribution in [0.15, 0.2) is 271 Å². The van der Waals surface area contributed by atoms with Crippen LogP contribution in [-0.4, -0.2) is 4.57 Å². The third-order valence-electron chi connectivity index (χ3n) is 14.4. The molecule has 71 heavy (non-hydrogen) atoms. The first-order chi connectivity index (χ1) is 35.2. The number of furan rings is 1. The van der Waals surface area contributed by atoms with Gasteiger partial charge in [-0.05, 0) is 110 Å². The highest BCUT2D eigenvalue weighted by Crippen LogP contribution is 2.45. The zero-order chi connectivity index (χ0) is 46.8. The molecule has 0 bridgehead atoms. The Bertz CT molecular complexity index is 4280. The van der Waals surface area contributed by atoms with Gasteiger partial charge < -0.3 is 13.9 Å². The van der Waals surface area contributed by atoms with Gasteiger partial charge in [0.1, 0.15) is 11.2 Å². The zero-order valence-corrected chi connectivity index (χ0v) is 38.7. The normalized spacial score (nSPS) is 11.7. The molecular weight excluding hydrogens is 861 g/mol. The van der Waals surface area contributed by atoms with Crippen molar-refractivity contribution in [3.63, 3.8) is 0 Å². The number of benzene rings is 12. The van der Waals surface area contributed by atoms with Gasteiger partial charge in [0.25, 0.3) is 0 Å². The lowest BCUT2D eigenvalue weighted by molar-refractivity contribution is 0.670. The molecule has 0 N–H and O–H groups in total. The Labute approximate surface area is 411 Å². The van der Waals surface area contributed by atoms with Gasteiger partial charge in [0.05, 0.1) is 22.4 Å². The molecule has 3 nitrogen and oxygen atoms in total. The largest absolute Gasteiger partial charge is 0.455 e. The molecule has 2 aromatic heterocycles. The van der Waals surface area contributed by atoms with E-state index < -0.39 is 0 Å². The van der Waals surface area contributed by atoms with E-state index >= 15 is 0 Å². The van der Waals surface area contributed by atoms with Crippen LogP contribution in [0.1, 0.15) is 0 Å². The second-order valence-corrected chi connectivity index (χ2v) is 18.4. The maximum atomic E-state index is 6.47. The van der Waals surface area contributed by atoms with Crippen LogP contribution in [0.5, 0.6) is 0 Å². The lowest BCUT2D eigenvalue weighted by Gasteiger charge is -2.28. The van der Waals surface area contributed by atoms with Crippen LogP contribution in [0.3, 0.4) is 0 Å². The van der Waals surface area contributed by atoms with Crippen molar-refractivity contribution in [3.8, 4) is 50.2 Å². The van der Waals surface area contributed by atoms with Gasteiger partial charge in [-0.2, -0.15) is 0 Å². The topological polar surface area (TPSA) is 21.3 Å². The lowest BCUT2D eigenvalue weighted by atomic mass is 9.96. The standard InChI is InChI=1S/C68H44N2O/c1-2-16-45(17-3-1)49-36-41-55(65(43-49)70-63-29-11-8-24-59(63)60-25-9-12-30-64(60)70)47-34-39-53(40-35-47)69(66-44-51-18-4-5-21-54(51)57-22-6-7-23-58(57)66)52-37-32-46(33-38-52)48-19-14-20-50(42-48)56-27-15-28-62-61-26-10-13-31-67(61)71-68(56)62/h1-44H. The number of rotatable bonds is 8. The molecule has 12 aromatic carbocycles. The molecule has 0 unspecified atom stereocenters. The molecule has 0 radical (unpaired) electrons. The maximum absolute atomic E-state index is 6.47. The lowest BCUT2D eigenvalue weighted by Crippen LogP contribution is -2.10. The first-order valence-electron chi connectivity index (χ1n) is 24.3. The van der Waals surface area contributed by atoms with Gasteiger partial charge in [-0.15, -0.1) is 0 Å². The van der Waals surface area contributed by atoms with Gasteiger partial charge >= 0.3 is 0 Å². The molecule has 0 saturated carbocycles. The smallest absolute Gasteiger partial charge is 0.143 e. The van der Waals surface area contributed by atoms with Crippen LogP contribution in [0, 0.1) is 0 Å². The molecule has 0 saturated heterocycles. The minimum atomic E-state index is 0.904. The predicted octanol–water partition coefficient (Wildman–Crippen LogP) is 19.1. The number of para-hydroxylation sites is 4. The number of anilines is 3. The third-order valence-corrected chi connectivity index (χ3v) is 14.4. The maximum Gasteiger partial charge on any atom is 0.143 e. The van der Waals surface area contributed by atoms with Gasteiger partial charge in [-0.25, -0.2) is 0 Å². The third kappa shape index (κ3) is 6.82. The zero-order valence-electron chi connectivity index (χ0n) is 38.7. The summed E-state index contributed by atoms with van der Waals surface area (Å²) in [5.74, 6) is 0. The summed E-state index contributed by atoms with van der Waals surface area (Å²) in [6, 6.07) is 96.8. The first-order valence-corrected chi connectivity index (χ1v) is 24.3. The van der Waals surface area contributed by atoms with E-state index in [0.29, 0.717) is 0 Å². The predicted molar refractivity (Wildman–Crippen MR) is 299 cm³/mol. The average Bonchev–Trinajstić information content (AvgIpc) is 4.00. The van der Waals surface area contributed by atoms with Crippen LogP contribution < -0.4 is 4.90 Å². The number of fused-ring (bicyclic) bond motifs is 9. The number of nitrogens with zero attached hydrogens (tertiary/aromatic N) is 2. The fraction of sp³-hybridized carbons (Fsp3) is 0. The van der Waals surface area contributed by atoms with E-state index in [1.165, 1.54) is 54.5 Å². The van der Waals surface area contributed by atoms with E-state index in [0.717, 1.165) is 78.1 Å². The van der Waals surface area contributed by atoms with Crippen molar-refractivity contribution in [1.29, 1.82) is 0 Å². The first kappa shape index (κ1) is 40.6. The van der Waals surface area contributed by atoms with Crippen molar-refractivity contribution in [3.05, 3.63) is 267 Å². The fourth-order valence-corrected chi connectivity index (χ4v) is 11.0. The van der Waals surface area contributed by atoms with Gasteiger partial charge in [-0.3, -0.25) is 0 Å². The van der Waals surface area contributed by atoms with Crippen molar-refractivity contribution in [1.82, 2.24) is 4.57 Å². The monoisotopic (exact) mass is 904 g/mol. The Balaban J connectivity index is 0.903. The molecule has 332 valence electrons. The van der Waals surface area contributed by atoms with Crippen molar-refractivity contribution in [2.45, 2.75) is 0 Å². The van der Waals surface area contributed by atoms with Crippen LogP contribution in [-0.2, 0) is 0 Å². The van der Waals surface area contributed by atoms with Gasteiger partial charge in [0.15, 0.2) is 0 Å². The Morgan fingerprint density at radius 3 is 1.56 bits per heavy atom. The van der Waals surface area contributed by atoms with E-state index in [1.54, 1.807) is 0 Å². The molecular formula is C68H44N2O. The van der Waals surface area contributed by atoms with Crippen LogP contribution in [0.2, 0.25) is 0 Å². The van der Waals surface area contributed by atoms with E-state index in [4.69, 9.17) is 4.42 Å². The van der Waals surface area contributed by atoms with E-state index in [9.17, 15) is 0 Å². The van der Waals surface area contributed by atoms with E-state index in [1.807, 2.05) is 12.1 Å². The van der Waals surface area contributed by atoms with Crippen LogP contribution >= 0.6 is 0 Å². The summed E-state index contributed by atoms with van der Waals surface area (Å²) in [6.45, 7) is 0. The minimum Gasteiger partial charge on any atom is -0.455 e. The number of hydrogen-bond acceptors (Lipinski definition) is 2. The fourth-order valence-electron chi connectivity index (χ4n) is 11.0. The number of aromatic nitrogens is 1. The highest BCUT2D eigenvalue weighted by molar-refractivity contribution is 6.15. The Morgan fingerprint density at radius 1 is 0.296 bits per heavy atom. The summed E-state index contributed by atoms with van der Waals surface area (Å²) in [5.41, 5.74) is 17.8. The summed E-state index contributed by atoms with van der Waals surface area (Å²) in [6.07, 6.45) is 0. The summed E-state index contributed by atoms with van der Waals surface area (Å²) in [5, 5.41) is 9.61. The molecule has 0 aliphatic heterocycles. The van der Waals surface area contributed by atoms with Crippen molar-refractivity contribution < 1.29 is 4.42 Å². The minimum absolute atomic E-state index is 0.904. The summed E-state index contributed by atoms with van der Waals surface area (Å²) in [4.78, 5) is 2.42. The van der Waals surface area contributed by atoms with E-state index in [2.05, 4.69) is 264 Å². The summed E-state index contributed by atoms with van der Waals surface area (Å²) < 4.78 is 8.92. The van der Waals surface area contributed by atoms with Crippen molar-refractivity contribution in [2.24, 2.45) is 0 Å². The SMILES string of the molecule is c1ccc(-c2ccc(-c3ccc(N(c4ccc(-c5cccc(-c6cccc7c6oc6ccccc67)c5)cc4)c4cc5ccccc5c5ccccc45)cc3)c(-n3c4ccccc4c4ccccc43)c2)cc1. The molecule has 0 amide bonds. The molecule has 0 fully saturated rings. The molecule has 0 atom stereocenters. The van der Waals surface area contributed by atoms with Crippen molar-refractivity contribution >= 4 is 82.4 Å². The molecule has 3 heteroatoms. The highest BCUT2D eigenvalue weighted by atomic mass is 16.3. The average molecular weight is 905 g/mol. The van der Waals surface area contributed by atoms with Crippen molar-refractivity contribution in [2.75, 3.05) is 4.90 Å². The summed E-state index contributed by atoms with van der Waals surface area (Å²) >= 11 is 0. The second-order valence-electron chi connectivity index (χ2n) is 18.4. The molecule has 0 aliphatic rings. The molecule has 0 spiro atoms. The van der Waals surface area contributed by atoms with Crippen LogP contribution in [0.25, 0.3) is 115 Å². The Kier molecular flexibility index (Phi) is 9.53. The molecule has 14 aromatic rings. The molecule has 2 heterocycles. The highest BCUT2D eigenvalue weighted by Gasteiger charge is 2.21. The van der Waals surface area contributed by atoms with Crippen LogP contribution in [0.4, 0.5) is 17.1 Å². The quantitative estimate of drug-likeness (QED) is 0.142. The summed E-state index contributed by atoms with van der Waals surface area (Å²) in [7, 11) is 0. The second kappa shape index (κ2) is 16.7. The molecule has 14 rings (SSSR count). The van der Waals surface area contributed by atoms with E-state index in [-0.39, 0.29) is 0 Å².